The van der Waals surface area contributed by atoms with Gasteiger partial charge in [0, 0.05) is 18.1 Å². The van der Waals surface area contributed by atoms with E-state index >= 15 is 0 Å². The predicted octanol–water partition coefficient (Wildman–Crippen LogP) is 1.67. The van der Waals surface area contributed by atoms with Crippen LogP contribution in [0.2, 0.25) is 0 Å². The van der Waals surface area contributed by atoms with Gasteiger partial charge in [-0.25, -0.2) is 4.68 Å². The highest BCUT2D eigenvalue weighted by Crippen LogP contribution is 2.57. The monoisotopic (exact) mass is 341 g/mol. The number of tetrazole rings is 1. The van der Waals surface area contributed by atoms with Crippen LogP contribution in [-0.2, 0) is 16.0 Å². The number of benzene rings is 1. The molecule has 25 heavy (non-hydrogen) atoms. The average molecular weight is 341 g/mol. The predicted molar refractivity (Wildman–Crippen MR) is 91.1 cm³/mol. The second-order valence-corrected chi connectivity index (χ2v) is 6.98. The third-order valence-corrected chi connectivity index (χ3v) is 5.69. The highest BCUT2D eigenvalue weighted by molar-refractivity contribution is 5.79. The van der Waals surface area contributed by atoms with Gasteiger partial charge in [-0.3, -0.25) is 4.79 Å². The molecule has 1 spiro atoms. The van der Waals surface area contributed by atoms with Gasteiger partial charge >= 0.3 is 0 Å². The van der Waals surface area contributed by atoms with Crippen molar-refractivity contribution in [1.82, 2.24) is 25.5 Å². The zero-order valence-electron chi connectivity index (χ0n) is 14.4. The molecule has 2 saturated carbocycles. The number of ether oxygens (including phenoxy) is 1. The van der Waals surface area contributed by atoms with Crippen LogP contribution in [0, 0.1) is 5.41 Å². The maximum absolute atomic E-state index is 12.4. The average Bonchev–Trinajstić information content (AvgIpc) is 3.07. The molecule has 7 nitrogen and oxygen atoms in total. The van der Waals surface area contributed by atoms with Crippen molar-refractivity contribution in [2.24, 2.45) is 5.41 Å². The minimum absolute atomic E-state index is 0.0846. The highest BCUT2D eigenvalue weighted by atomic mass is 16.5. The van der Waals surface area contributed by atoms with E-state index in [9.17, 15) is 4.79 Å². The summed E-state index contributed by atoms with van der Waals surface area (Å²) in [6, 6.07) is 7.99. The third kappa shape index (κ3) is 2.93. The lowest BCUT2D eigenvalue weighted by atomic mass is 9.51. The molecule has 4 rings (SSSR count). The van der Waals surface area contributed by atoms with Crippen LogP contribution in [0.4, 0.5) is 0 Å². The minimum atomic E-state index is 0.0846. The van der Waals surface area contributed by atoms with E-state index in [1.807, 2.05) is 31.2 Å². The van der Waals surface area contributed by atoms with Gasteiger partial charge < -0.3 is 10.1 Å². The van der Waals surface area contributed by atoms with Crippen LogP contribution < -0.4 is 5.32 Å². The van der Waals surface area contributed by atoms with Gasteiger partial charge in [0.25, 0.3) is 0 Å². The van der Waals surface area contributed by atoms with Gasteiger partial charge in [0.05, 0.1) is 18.2 Å². The summed E-state index contributed by atoms with van der Waals surface area (Å²) in [5.74, 6) is 0.0846. The molecule has 2 aromatic rings. The van der Waals surface area contributed by atoms with Gasteiger partial charge in [0.2, 0.25) is 5.91 Å². The summed E-state index contributed by atoms with van der Waals surface area (Å²) in [7, 11) is 0. The molecule has 2 atom stereocenters. The number of amides is 1. The fourth-order valence-electron chi connectivity index (χ4n) is 4.12. The quantitative estimate of drug-likeness (QED) is 0.864. The standard InChI is InChI=1S/C18H23N5O2/c1-2-25-16-11-15(18(16)8-3-9-18)20-17(24)10-13-4-6-14(7-5-13)23-12-19-21-22-23/h4-7,12,15-16H,2-3,8-11H2,1H3,(H,20,24)/t15-,16-/m0/s1. The first-order valence-electron chi connectivity index (χ1n) is 8.94. The summed E-state index contributed by atoms with van der Waals surface area (Å²) in [5, 5.41) is 14.3. The van der Waals surface area contributed by atoms with Crippen LogP contribution in [-0.4, -0.2) is 44.9 Å². The largest absolute Gasteiger partial charge is 0.378 e. The molecule has 1 aromatic carbocycles. The number of carbonyl (C=O) groups excluding carboxylic acids is 1. The molecule has 0 unspecified atom stereocenters. The van der Waals surface area contributed by atoms with Crippen molar-refractivity contribution in [2.45, 2.75) is 51.2 Å². The van der Waals surface area contributed by atoms with Gasteiger partial charge in [-0.2, -0.15) is 0 Å². The second kappa shape index (κ2) is 6.55. The molecule has 7 heteroatoms. The Labute approximate surface area is 146 Å². The Morgan fingerprint density at radius 1 is 1.36 bits per heavy atom. The topological polar surface area (TPSA) is 81.9 Å². The third-order valence-electron chi connectivity index (χ3n) is 5.69. The van der Waals surface area contributed by atoms with E-state index in [0.717, 1.165) is 24.3 Å². The van der Waals surface area contributed by atoms with E-state index in [1.165, 1.54) is 19.3 Å². The first kappa shape index (κ1) is 16.2. The Morgan fingerprint density at radius 2 is 2.16 bits per heavy atom. The van der Waals surface area contributed by atoms with E-state index in [2.05, 4.69) is 20.8 Å². The normalized spacial score (nSPS) is 23.7. The number of hydrogen-bond acceptors (Lipinski definition) is 5. The van der Waals surface area contributed by atoms with Crippen LogP contribution in [0.15, 0.2) is 30.6 Å². The maximum Gasteiger partial charge on any atom is 0.224 e. The van der Waals surface area contributed by atoms with Crippen molar-refractivity contribution in [2.75, 3.05) is 6.61 Å². The molecule has 1 N–H and O–H groups in total. The van der Waals surface area contributed by atoms with Gasteiger partial charge in [-0.15, -0.1) is 5.10 Å². The fourth-order valence-corrected chi connectivity index (χ4v) is 4.12. The zero-order valence-corrected chi connectivity index (χ0v) is 14.4. The molecule has 2 aliphatic rings. The molecule has 2 aliphatic carbocycles. The Bertz CT molecular complexity index is 724. The molecule has 0 radical (unpaired) electrons. The summed E-state index contributed by atoms with van der Waals surface area (Å²) in [4.78, 5) is 12.4. The summed E-state index contributed by atoms with van der Waals surface area (Å²) < 4.78 is 7.43. The summed E-state index contributed by atoms with van der Waals surface area (Å²) in [6.45, 7) is 2.79. The van der Waals surface area contributed by atoms with Crippen molar-refractivity contribution < 1.29 is 9.53 Å². The van der Waals surface area contributed by atoms with Crippen molar-refractivity contribution in [3.05, 3.63) is 36.2 Å². The van der Waals surface area contributed by atoms with E-state index in [4.69, 9.17) is 4.74 Å². The molecular weight excluding hydrogens is 318 g/mol. The maximum atomic E-state index is 12.4. The summed E-state index contributed by atoms with van der Waals surface area (Å²) in [6.07, 6.45) is 6.79. The highest BCUT2D eigenvalue weighted by Gasteiger charge is 2.59. The van der Waals surface area contributed by atoms with Crippen LogP contribution in [0.1, 0.15) is 38.2 Å². The minimum Gasteiger partial charge on any atom is -0.378 e. The molecule has 1 amide bonds. The second-order valence-electron chi connectivity index (χ2n) is 6.98. The Kier molecular flexibility index (Phi) is 4.25. The molecule has 0 bridgehead atoms. The van der Waals surface area contributed by atoms with Crippen molar-refractivity contribution in [1.29, 1.82) is 0 Å². The first-order chi connectivity index (χ1) is 12.2. The SMILES string of the molecule is CCO[C@H]1C[C@H](NC(=O)Cc2ccc(-n3cnnn3)cc2)C12CCC2. The fraction of sp³-hybridized carbons (Fsp3) is 0.556. The van der Waals surface area contributed by atoms with Gasteiger partial charge in [-0.1, -0.05) is 18.6 Å². The van der Waals surface area contributed by atoms with Crippen LogP contribution >= 0.6 is 0 Å². The number of carbonyl (C=O) groups is 1. The van der Waals surface area contributed by atoms with Crippen molar-refractivity contribution in [3.8, 4) is 5.69 Å². The number of nitrogens with zero attached hydrogens (tertiary/aromatic N) is 4. The number of aromatic nitrogens is 4. The van der Waals surface area contributed by atoms with E-state index < -0.39 is 0 Å². The number of hydrogen-bond donors (Lipinski definition) is 1. The lowest BCUT2D eigenvalue weighted by molar-refractivity contribution is -0.175. The lowest BCUT2D eigenvalue weighted by Gasteiger charge is -2.61. The molecule has 132 valence electrons. The molecule has 0 aliphatic heterocycles. The molecular formula is C18H23N5O2. The van der Waals surface area contributed by atoms with Gasteiger partial charge in [-0.05, 0) is 54.3 Å². The van der Waals surface area contributed by atoms with E-state index in [-0.39, 0.29) is 17.4 Å². The molecule has 2 fully saturated rings. The Hall–Kier alpha value is -2.28. The molecule has 1 aromatic heterocycles. The smallest absolute Gasteiger partial charge is 0.224 e. The Morgan fingerprint density at radius 3 is 2.76 bits per heavy atom. The van der Waals surface area contributed by atoms with Gasteiger partial charge in [0.1, 0.15) is 6.33 Å². The van der Waals surface area contributed by atoms with Gasteiger partial charge in [0.15, 0.2) is 0 Å². The Balaban J connectivity index is 1.34. The van der Waals surface area contributed by atoms with Crippen LogP contribution in [0.5, 0.6) is 0 Å². The lowest BCUT2D eigenvalue weighted by Crippen LogP contribution is -2.67. The molecule has 1 heterocycles. The molecule has 0 saturated heterocycles. The summed E-state index contributed by atoms with van der Waals surface area (Å²) >= 11 is 0. The van der Waals surface area contributed by atoms with Crippen molar-refractivity contribution in [3.63, 3.8) is 0 Å². The van der Waals surface area contributed by atoms with Crippen molar-refractivity contribution >= 4 is 5.91 Å². The number of nitrogens with one attached hydrogen (secondary N) is 1. The van der Waals surface area contributed by atoms with Crippen LogP contribution in [0.3, 0.4) is 0 Å². The van der Waals surface area contributed by atoms with Crippen LogP contribution in [0.25, 0.3) is 5.69 Å². The van der Waals surface area contributed by atoms with E-state index in [0.29, 0.717) is 12.5 Å². The first-order valence-corrected chi connectivity index (χ1v) is 8.94. The summed E-state index contributed by atoms with van der Waals surface area (Å²) in [5.41, 5.74) is 2.06. The van der Waals surface area contributed by atoms with E-state index in [1.54, 1.807) is 11.0 Å². The zero-order chi connectivity index (χ0) is 17.3. The number of rotatable bonds is 6.